The molecule has 5 aromatic rings. The molecule has 2 radical (unpaired) electrons. The summed E-state index contributed by atoms with van der Waals surface area (Å²) >= 11 is 0.847. The fourth-order valence-corrected chi connectivity index (χ4v) is 8.34. The molecular formula is C34H28FN4O9PS2. The predicted molar refractivity (Wildman–Crippen MR) is 185 cm³/mol. The lowest BCUT2D eigenvalue weighted by atomic mass is 10.2. The lowest BCUT2D eigenvalue weighted by Crippen LogP contribution is -2.28. The minimum absolute atomic E-state index is 0.0250. The zero-order valence-corrected chi connectivity index (χ0v) is 28.9. The number of nitrogens with one attached hydrogen (secondary N) is 3. The van der Waals surface area contributed by atoms with E-state index >= 15 is 0 Å². The van der Waals surface area contributed by atoms with Crippen LogP contribution in [-0.2, 0) is 14.6 Å². The number of rotatable bonds is 16. The van der Waals surface area contributed by atoms with E-state index < -0.39 is 29.7 Å². The normalized spacial score (nSPS) is 12.3. The second-order valence-corrected chi connectivity index (χ2v) is 15.3. The van der Waals surface area contributed by atoms with E-state index in [9.17, 15) is 31.9 Å². The third kappa shape index (κ3) is 10.1. The van der Waals surface area contributed by atoms with E-state index in [0.717, 1.165) is 29.5 Å². The Balaban J connectivity index is 1.27. The molecule has 0 bridgehead atoms. The van der Waals surface area contributed by atoms with Crippen LogP contribution < -0.4 is 29.4 Å². The molecule has 0 fully saturated rings. The number of sulfonamides is 1. The van der Waals surface area contributed by atoms with E-state index in [1.54, 1.807) is 66.7 Å². The maximum atomic E-state index is 13.9. The maximum absolute atomic E-state index is 13.9. The fraction of sp³-hybridized carbons (Fsp3) is 0.147. The van der Waals surface area contributed by atoms with Crippen LogP contribution in [-0.4, -0.2) is 57.7 Å². The van der Waals surface area contributed by atoms with Crippen molar-refractivity contribution in [1.82, 2.24) is 15.4 Å². The summed E-state index contributed by atoms with van der Waals surface area (Å²) in [4.78, 5) is 35.0. The number of thiophene rings is 1. The first kappa shape index (κ1) is 37.0. The molecule has 2 amide bonds. The molecule has 0 saturated heterocycles. The van der Waals surface area contributed by atoms with Crippen molar-refractivity contribution < 1.29 is 45.9 Å². The van der Waals surface area contributed by atoms with Crippen LogP contribution in [0.4, 0.5) is 4.39 Å². The molecule has 1 unspecified atom stereocenters. The summed E-state index contributed by atoms with van der Waals surface area (Å²) in [7, 11) is -9.00. The first-order valence-electron chi connectivity index (χ1n) is 15.0. The summed E-state index contributed by atoms with van der Waals surface area (Å²) < 4.78 is 71.9. The molecule has 1 heterocycles. The summed E-state index contributed by atoms with van der Waals surface area (Å²) in [6.07, 6.45) is -1.03. The Hall–Kier alpha value is -5.30. The molecule has 1 aromatic heterocycles. The molecule has 5 rings (SSSR count). The number of nitriles is 1. The Morgan fingerprint density at radius 2 is 1.53 bits per heavy atom. The van der Waals surface area contributed by atoms with E-state index in [1.165, 1.54) is 6.07 Å². The van der Waals surface area contributed by atoms with Gasteiger partial charge in [-0.25, -0.2) is 17.4 Å². The predicted octanol–water partition coefficient (Wildman–Crippen LogP) is 4.63. The molecule has 13 nitrogen and oxygen atoms in total. The zero-order valence-electron chi connectivity index (χ0n) is 26.4. The van der Waals surface area contributed by atoms with Gasteiger partial charge in [-0.2, -0.15) is 9.98 Å². The van der Waals surface area contributed by atoms with E-state index in [2.05, 4.69) is 22.8 Å². The number of fused-ring (bicyclic) bond motifs is 1. The van der Waals surface area contributed by atoms with Crippen molar-refractivity contribution in [3.63, 3.8) is 0 Å². The molecular weight excluding hydrogens is 722 g/mol. The summed E-state index contributed by atoms with van der Waals surface area (Å²) in [6.45, 7) is 0.304. The first-order valence-corrected chi connectivity index (χ1v) is 19.0. The highest BCUT2D eigenvalue weighted by Crippen LogP contribution is 2.43. The number of amides is 2. The molecule has 17 heteroatoms. The van der Waals surface area contributed by atoms with Crippen LogP contribution in [0.15, 0.2) is 89.1 Å². The number of ether oxygens (including phenoxy) is 2. The Kier molecular flexibility index (Phi) is 12.0. The van der Waals surface area contributed by atoms with Gasteiger partial charge in [0.15, 0.2) is 11.5 Å². The zero-order chi connectivity index (χ0) is 36.4. The van der Waals surface area contributed by atoms with Crippen molar-refractivity contribution in [3.8, 4) is 23.3 Å². The van der Waals surface area contributed by atoms with Crippen molar-refractivity contribution in [2.75, 3.05) is 32.6 Å². The van der Waals surface area contributed by atoms with Gasteiger partial charge in [-0.15, -0.1) is 11.3 Å². The highest BCUT2D eigenvalue weighted by molar-refractivity contribution is 7.92. The summed E-state index contributed by atoms with van der Waals surface area (Å²) in [6, 6.07) is 27.7. The van der Waals surface area contributed by atoms with Crippen LogP contribution in [0.1, 0.15) is 26.3 Å². The van der Waals surface area contributed by atoms with Crippen LogP contribution >= 0.6 is 18.9 Å². The van der Waals surface area contributed by atoms with Crippen molar-refractivity contribution in [3.05, 3.63) is 120 Å². The largest absolute Gasteiger partial charge is 0.488 e. The molecule has 0 aliphatic rings. The van der Waals surface area contributed by atoms with E-state index in [-0.39, 0.29) is 65.1 Å². The van der Waals surface area contributed by atoms with Gasteiger partial charge < -0.3 is 29.5 Å². The lowest BCUT2D eigenvalue weighted by molar-refractivity contribution is 0.0937. The number of carbonyl (C=O) groups excluding carboxylic acids is 2. The molecule has 0 aliphatic heterocycles. The average Bonchev–Trinajstić information content (AvgIpc) is 3.55. The lowest BCUT2D eigenvalue weighted by Gasteiger charge is -2.14. The molecule has 0 spiro atoms. The summed E-state index contributed by atoms with van der Waals surface area (Å²) in [5.74, 6) is -1.52. The van der Waals surface area contributed by atoms with Crippen molar-refractivity contribution in [2.24, 2.45) is 0 Å². The van der Waals surface area contributed by atoms with E-state index in [4.69, 9.17) is 19.3 Å². The monoisotopic (exact) mass is 750 g/mol. The number of hydrogen-bond acceptors (Lipinski definition) is 10. The van der Waals surface area contributed by atoms with Gasteiger partial charge in [0.05, 0.1) is 18.7 Å². The topological polar surface area (TPSA) is 193 Å². The molecule has 262 valence electrons. The van der Waals surface area contributed by atoms with Crippen LogP contribution in [0.25, 0.3) is 10.1 Å². The number of carbonyl (C=O) groups is 2. The minimum atomic E-state index is -4.65. The van der Waals surface area contributed by atoms with Crippen molar-refractivity contribution in [2.45, 2.75) is 4.21 Å². The summed E-state index contributed by atoms with van der Waals surface area (Å²) in [5, 5.41) is 14.8. The van der Waals surface area contributed by atoms with Gasteiger partial charge in [0.1, 0.15) is 41.3 Å². The molecule has 4 N–H and O–H groups in total. The van der Waals surface area contributed by atoms with Gasteiger partial charge in [0, 0.05) is 28.0 Å². The number of hydrogen-bond donors (Lipinski definition) is 4. The number of nitrogens with zero attached hydrogens (tertiary/aromatic N) is 1. The van der Waals surface area contributed by atoms with Crippen LogP contribution in [0.3, 0.4) is 0 Å². The standard InChI is InChI=1S/C34H28FN4O9PS2/c35-28-19-27(12-11-25(28)21-36)48-49(42,43)22-39-51(44,45)32-18-26-17-29(46-15-13-37-33(40)23-7-3-1-4-8-23)30(20-31(26)50-32)47-16-14-38-34(41)24-9-5-2-6-10-24/h1-3,5,7-12,17-20,39H,13-16,22H2,(H,37,40)(H,38,41)(H,42,43). The smallest absolute Gasteiger partial charge is 0.391 e. The highest BCUT2D eigenvalue weighted by atomic mass is 32.2. The van der Waals surface area contributed by atoms with Crippen LogP contribution in [0, 0.1) is 29.3 Å². The van der Waals surface area contributed by atoms with Gasteiger partial charge >= 0.3 is 7.60 Å². The quantitative estimate of drug-likeness (QED) is 0.0817. The molecule has 0 aliphatic carbocycles. The van der Waals surface area contributed by atoms with Crippen molar-refractivity contribution >= 4 is 50.9 Å². The van der Waals surface area contributed by atoms with E-state index in [0.29, 0.717) is 21.2 Å². The third-order valence-electron chi connectivity index (χ3n) is 6.82. The molecule has 51 heavy (non-hydrogen) atoms. The Morgan fingerprint density at radius 3 is 2.08 bits per heavy atom. The number of benzene rings is 4. The second kappa shape index (κ2) is 16.6. The van der Waals surface area contributed by atoms with Gasteiger partial charge in [-0.1, -0.05) is 24.3 Å². The van der Waals surface area contributed by atoms with Gasteiger partial charge in [-0.05, 0) is 66.0 Å². The Labute approximate surface area is 296 Å². The van der Waals surface area contributed by atoms with Crippen LogP contribution in [0.2, 0.25) is 0 Å². The first-order chi connectivity index (χ1) is 24.4. The molecule has 4 aromatic carbocycles. The SMILES string of the molecule is N#Cc1ccc(OP(=O)(O)CNS(=O)(=O)c2cc3cc(OCCNC(=O)c4c[c]ccc4)c(OCCNC(=O)c4c[c]ccc4)cc3s2)cc1F. The Bertz CT molecular complexity index is 2130. The average molecular weight is 751 g/mol. The van der Waals surface area contributed by atoms with Gasteiger partial charge in [0.25, 0.3) is 21.8 Å². The maximum Gasteiger partial charge on any atom is 0.391 e. The van der Waals surface area contributed by atoms with Gasteiger partial charge in [-0.3, -0.25) is 9.59 Å². The molecule has 0 saturated carbocycles. The van der Waals surface area contributed by atoms with Gasteiger partial charge in [0.2, 0.25) is 0 Å². The highest BCUT2D eigenvalue weighted by Gasteiger charge is 2.27. The van der Waals surface area contributed by atoms with Crippen molar-refractivity contribution in [1.29, 1.82) is 5.26 Å². The fourth-order valence-electron chi connectivity index (χ4n) is 4.38. The number of halogens is 1. The van der Waals surface area contributed by atoms with E-state index in [1.807, 2.05) is 4.72 Å². The minimum Gasteiger partial charge on any atom is -0.488 e. The third-order valence-corrected chi connectivity index (χ3v) is 11.1. The summed E-state index contributed by atoms with van der Waals surface area (Å²) in [5.41, 5.74) is 0.544. The second-order valence-electron chi connectivity index (χ2n) is 10.5. The van der Waals surface area contributed by atoms with Crippen LogP contribution in [0.5, 0.6) is 17.2 Å². The Morgan fingerprint density at radius 1 is 0.922 bits per heavy atom. The molecule has 1 atom stereocenters.